The summed E-state index contributed by atoms with van der Waals surface area (Å²) in [4.78, 5) is 6.95. The molecule has 0 radical (unpaired) electrons. The molecule has 2 aromatic rings. The summed E-state index contributed by atoms with van der Waals surface area (Å²) in [6, 6.07) is 5.85. The van der Waals surface area contributed by atoms with E-state index in [0.29, 0.717) is 13.1 Å². The van der Waals surface area contributed by atoms with E-state index >= 15 is 0 Å². The minimum Gasteiger partial charge on any atom is -0.454 e. The van der Waals surface area contributed by atoms with E-state index in [9.17, 15) is 8.42 Å². The summed E-state index contributed by atoms with van der Waals surface area (Å²) in [7, 11) is -3.09. The van der Waals surface area contributed by atoms with Crippen molar-refractivity contribution in [2.24, 2.45) is 0 Å². The maximum absolute atomic E-state index is 11.6. The number of thiazole rings is 1. The van der Waals surface area contributed by atoms with Crippen LogP contribution in [-0.2, 0) is 16.6 Å². The van der Waals surface area contributed by atoms with E-state index in [4.69, 9.17) is 14.5 Å². The van der Waals surface area contributed by atoms with E-state index in [1.165, 1.54) is 10.6 Å². The van der Waals surface area contributed by atoms with Gasteiger partial charge in [0, 0.05) is 43.7 Å². The zero-order chi connectivity index (χ0) is 17.4. The Balaban J connectivity index is 1.41. The molecule has 0 N–H and O–H groups in total. The van der Waals surface area contributed by atoms with Crippen molar-refractivity contribution < 1.29 is 17.9 Å². The number of hydrogen-bond donors (Lipinski definition) is 0. The predicted molar refractivity (Wildman–Crippen MR) is 95.4 cm³/mol. The molecule has 25 heavy (non-hydrogen) atoms. The summed E-state index contributed by atoms with van der Waals surface area (Å²) in [5.41, 5.74) is 2.02. The van der Waals surface area contributed by atoms with Crippen molar-refractivity contribution in [1.82, 2.24) is 14.2 Å². The molecule has 0 atom stereocenters. The molecule has 2 aliphatic heterocycles. The highest BCUT2D eigenvalue weighted by Crippen LogP contribution is 2.36. The summed E-state index contributed by atoms with van der Waals surface area (Å²) >= 11 is 1.60. The SMILES string of the molecule is CS(=O)(=O)N1CCN(Cc2csc(-c3ccc4c(c3)OCO4)n2)CC1. The number of rotatable bonds is 4. The summed E-state index contributed by atoms with van der Waals surface area (Å²) in [5.74, 6) is 1.52. The van der Waals surface area contributed by atoms with E-state index in [2.05, 4.69) is 10.3 Å². The monoisotopic (exact) mass is 381 g/mol. The molecule has 1 aromatic carbocycles. The van der Waals surface area contributed by atoms with Crippen LogP contribution in [0.1, 0.15) is 5.69 Å². The molecule has 4 rings (SSSR count). The Morgan fingerprint density at radius 2 is 1.92 bits per heavy atom. The number of nitrogens with zero attached hydrogens (tertiary/aromatic N) is 3. The number of benzene rings is 1. The Hall–Kier alpha value is -1.68. The minimum absolute atomic E-state index is 0.265. The van der Waals surface area contributed by atoms with Crippen molar-refractivity contribution in [3.8, 4) is 22.1 Å². The summed E-state index contributed by atoms with van der Waals surface area (Å²) in [6.07, 6.45) is 1.26. The number of hydrogen-bond acceptors (Lipinski definition) is 7. The first kappa shape index (κ1) is 16.8. The Bertz CT molecular complexity index is 873. The maximum Gasteiger partial charge on any atom is 0.231 e. The number of ether oxygens (including phenoxy) is 2. The second-order valence-electron chi connectivity index (χ2n) is 6.15. The van der Waals surface area contributed by atoms with Gasteiger partial charge in [0.25, 0.3) is 0 Å². The number of aromatic nitrogens is 1. The zero-order valence-electron chi connectivity index (χ0n) is 13.8. The van der Waals surface area contributed by atoms with Gasteiger partial charge in [0.15, 0.2) is 11.5 Å². The smallest absolute Gasteiger partial charge is 0.231 e. The van der Waals surface area contributed by atoms with Crippen molar-refractivity contribution in [3.63, 3.8) is 0 Å². The molecule has 0 aliphatic carbocycles. The lowest BCUT2D eigenvalue weighted by atomic mass is 10.2. The van der Waals surface area contributed by atoms with Crippen molar-refractivity contribution in [2.75, 3.05) is 39.2 Å². The molecule has 1 fully saturated rings. The molecule has 1 aromatic heterocycles. The quantitative estimate of drug-likeness (QED) is 0.801. The summed E-state index contributed by atoms with van der Waals surface area (Å²) in [5, 5.41) is 3.01. The molecule has 0 spiro atoms. The first-order chi connectivity index (χ1) is 12.0. The van der Waals surface area contributed by atoms with Crippen LogP contribution < -0.4 is 9.47 Å². The fourth-order valence-corrected chi connectivity index (χ4v) is 4.62. The molecule has 134 valence electrons. The van der Waals surface area contributed by atoms with Crippen molar-refractivity contribution in [3.05, 3.63) is 29.3 Å². The van der Waals surface area contributed by atoms with Gasteiger partial charge in [-0.25, -0.2) is 13.4 Å². The van der Waals surface area contributed by atoms with E-state index in [-0.39, 0.29) is 6.79 Å². The fourth-order valence-electron chi connectivity index (χ4n) is 2.99. The van der Waals surface area contributed by atoms with Gasteiger partial charge in [0.05, 0.1) is 11.9 Å². The molecule has 1 saturated heterocycles. The Labute approximate surface area is 150 Å². The largest absolute Gasteiger partial charge is 0.454 e. The van der Waals surface area contributed by atoms with Gasteiger partial charge >= 0.3 is 0 Å². The second-order valence-corrected chi connectivity index (χ2v) is 8.99. The van der Waals surface area contributed by atoms with Crippen LogP contribution in [-0.4, -0.2) is 61.8 Å². The van der Waals surface area contributed by atoms with Crippen LogP contribution in [0, 0.1) is 0 Å². The van der Waals surface area contributed by atoms with Crippen LogP contribution in [0.2, 0.25) is 0 Å². The average Bonchev–Trinajstić information content (AvgIpc) is 3.22. The van der Waals surface area contributed by atoms with Gasteiger partial charge in [-0.3, -0.25) is 4.90 Å². The highest BCUT2D eigenvalue weighted by Gasteiger charge is 2.24. The molecule has 2 aliphatic rings. The number of fused-ring (bicyclic) bond motifs is 1. The van der Waals surface area contributed by atoms with Crippen molar-refractivity contribution >= 4 is 21.4 Å². The molecule has 9 heteroatoms. The predicted octanol–water partition coefficient (Wildman–Crippen LogP) is 1.62. The third-order valence-corrected chi connectivity index (χ3v) is 6.60. The van der Waals surface area contributed by atoms with Crippen LogP contribution in [0.25, 0.3) is 10.6 Å². The standard InChI is InChI=1S/C16H19N3O4S2/c1-25(20,21)19-6-4-18(5-7-19)9-13-10-24-16(17-13)12-2-3-14-15(8-12)23-11-22-14/h2-3,8,10H,4-7,9,11H2,1H3. The Kier molecular flexibility index (Phi) is 4.40. The number of sulfonamides is 1. The lowest BCUT2D eigenvalue weighted by Crippen LogP contribution is -2.47. The van der Waals surface area contributed by atoms with Gasteiger partial charge in [0.2, 0.25) is 16.8 Å². The average molecular weight is 381 g/mol. The van der Waals surface area contributed by atoms with E-state index in [0.717, 1.165) is 47.4 Å². The molecule has 0 amide bonds. The summed E-state index contributed by atoms with van der Waals surface area (Å²) < 4.78 is 35.4. The van der Waals surface area contributed by atoms with Gasteiger partial charge in [-0.1, -0.05) is 0 Å². The van der Waals surface area contributed by atoms with E-state index in [1.807, 2.05) is 18.2 Å². The molecule has 0 bridgehead atoms. The summed E-state index contributed by atoms with van der Waals surface area (Å²) in [6.45, 7) is 3.53. The molecule has 0 unspecified atom stereocenters. The normalized spacial score (nSPS) is 18.6. The van der Waals surface area contributed by atoms with Gasteiger partial charge < -0.3 is 9.47 Å². The van der Waals surface area contributed by atoms with Crippen LogP contribution in [0.3, 0.4) is 0 Å². The fraction of sp³-hybridized carbons (Fsp3) is 0.438. The van der Waals surface area contributed by atoms with Gasteiger partial charge in [0.1, 0.15) is 5.01 Å². The first-order valence-corrected chi connectivity index (χ1v) is 10.7. The van der Waals surface area contributed by atoms with Gasteiger partial charge in [-0.05, 0) is 18.2 Å². The van der Waals surface area contributed by atoms with Crippen LogP contribution in [0.4, 0.5) is 0 Å². The van der Waals surface area contributed by atoms with Crippen molar-refractivity contribution in [2.45, 2.75) is 6.54 Å². The lowest BCUT2D eigenvalue weighted by Gasteiger charge is -2.32. The Morgan fingerprint density at radius 1 is 1.16 bits per heavy atom. The minimum atomic E-state index is -3.09. The second kappa shape index (κ2) is 6.56. The van der Waals surface area contributed by atoms with Gasteiger partial charge in [-0.15, -0.1) is 11.3 Å². The zero-order valence-corrected chi connectivity index (χ0v) is 15.5. The van der Waals surface area contributed by atoms with Crippen molar-refractivity contribution in [1.29, 1.82) is 0 Å². The maximum atomic E-state index is 11.6. The number of piperazine rings is 1. The van der Waals surface area contributed by atoms with Crippen LogP contribution >= 0.6 is 11.3 Å². The Morgan fingerprint density at radius 3 is 2.68 bits per heavy atom. The van der Waals surface area contributed by atoms with Crippen LogP contribution in [0.5, 0.6) is 11.5 Å². The van der Waals surface area contributed by atoms with Gasteiger partial charge in [-0.2, -0.15) is 4.31 Å². The third kappa shape index (κ3) is 3.64. The highest BCUT2D eigenvalue weighted by molar-refractivity contribution is 7.88. The van der Waals surface area contributed by atoms with E-state index in [1.54, 1.807) is 11.3 Å². The molecule has 7 nitrogen and oxygen atoms in total. The molecular formula is C16H19N3O4S2. The topological polar surface area (TPSA) is 72.0 Å². The highest BCUT2D eigenvalue weighted by atomic mass is 32.2. The molecule has 3 heterocycles. The lowest BCUT2D eigenvalue weighted by molar-refractivity contribution is 0.174. The van der Waals surface area contributed by atoms with E-state index < -0.39 is 10.0 Å². The molecule has 0 saturated carbocycles. The van der Waals surface area contributed by atoms with Crippen LogP contribution in [0.15, 0.2) is 23.6 Å². The first-order valence-electron chi connectivity index (χ1n) is 8.01. The third-order valence-electron chi connectivity index (χ3n) is 4.36. The molecular weight excluding hydrogens is 362 g/mol.